The second-order valence-corrected chi connectivity index (χ2v) is 6.76. The zero-order chi connectivity index (χ0) is 18.6. The largest absolute Gasteiger partial charge is 0.332 e. The van der Waals surface area contributed by atoms with E-state index in [1.807, 2.05) is 36.6 Å². The van der Waals surface area contributed by atoms with E-state index >= 15 is 0 Å². The molecule has 1 aliphatic heterocycles. The van der Waals surface area contributed by atoms with Crippen LogP contribution in [0.15, 0.2) is 39.0 Å². The number of anilines is 1. The van der Waals surface area contributed by atoms with Gasteiger partial charge in [0, 0.05) is 14.1 Å². The van der Waals surface area contributed by atoms with Crippen molar-refractivity contribution < 1.29 is 0 Å². The molecule has 0 bridgehead atoms. The standard InChI is InChI=1S/C18H20N6O2/c1-11-6-5-7-13(8-11)10-24-17-19-15-14(23(17)9-12(2)20-24)16(25)22(4)18(26)21(15)3/h5-8H,9-10H2,1-4H3. The third-order valence-corrected chi connectivity index (χ3v) is 4.65. The second kappa shape index (κ2) is 5.69. The predicted octanol–water partition coefficient (Wildman–Crippen LogP) is 1.14. The van der Waals surface area contributed by atoms with Crippen molar-refractivity contribution in [1.82, 2.24) is 18.7 Å². The molecule has 8 nitrogen and oxygen atoms in total. The maximum atomic E-state index is 12.7. The highest BCUT2D eigenvalue weighted by atomic mass is 16.2. The Kier molecular flexibility index (Phi) is 3.57. The van der Waals surface area contributed by atoms with Gasteiger partial charge < -0.3 is 0 Å². The van der Waals surface area contributed by atoms with Crippen LogP contribution in [-0.4, -0.2) is 24.4 Å². The molecule has 3 aromatic rings. The molecule has 0 N–H and O–H groups in total. The number of benzene rings is 1. The Bertz CT molecular complexity index is 1180. The molecule has 0 unspecified atom stereocenters. The van der Waals surface area contributed by atoms with Gasteiger partial charge >= 0.3 is 5.69 Å². The van der Waals surface area contributed by atoms with Gasteiger partial charge in [-0.3, -0.25) is 18.5 Å². The summed E-state index contributed by atoms with van der Waals surface area (Å²) in [4.78, 5) is 29.5. The van der Waals surface area contributed by atoms with Gasteiger partial charge in [0.15, 0.2) is 11.2 Å². The van der Waals surface area contributed by atoms with Crippen LogP contribution in [0, 0.1) is 6.92 Å². The molecule has 0 aliphatic carbocycles. The van der Waals surface area contributed by atoms with Crippen LogP contribution in [0.2, 0.25) is 0 Å². The molecule has 1 aromatic carbocycles. The van der Waals surface area contributed by atoms with Gasteiger partial charge in [-0.2, -0.15) is 10.1 Å². The Labute approximate surface area is 149 Å². The number of imidazole rings is 1. The molecule has 26 heavy (non-hydrogen) atoms. The summed E-state index contributed by atoms with van der Waals surface area (Å²) in [5.74, 6) is 0.574. The Hall–Kier alpha value is -3.16. The molecule has 8 heteroatoms. The van der Waals surface area contributed by atoms with Crippen LogP contribution in [0.3, 0.4) is 0 Å². The molecular formula is C18H20N6O2. The van der Waals surface area contributed by atoms with Crippen LogP contribution >= 0.6 is 0 Å². The Morgan fingerprint density at radius 2 is 1.88 bits per heavy atom. The highest BCUT2D eigenvalue weighted by Crippen LogP contribution is 2.25. The summed E-state index contributed by atoms with van der Waals surface area (Å²) < 4.78 is 4.36. The van der Waals surface area contributed by atoms with E-state index in [1.165, 1.54) is 17.2 Å². The summed E-state index contributed by atoms with van der Waals surface area (Å²) in [5, 5.41) is 6.41. The first-order valence-corrected chi connectivity index (χ1v) is 8.40. The highest BCUT2D eigenvalue weighted by Gasteiger charge is 2.26. The molecule has 0 fully saturated rings. The lowest BCUT2D eigenvalue weighted by Crippen LogP contribution is -2.38. The van der Waals surface area contributed by atoms with Crippen molar-refractivity contribution in [2.24, 2.45) is 19.2 Å². The highest BCUT2D eigenvalue weighted by molar-refractivity contribution is 5.87. The number of fused-ring (bicyclic) bond motifs is 3. The molecule has 0 spiro atoms. The molecule has 134 valence electrons. The van der Waals surface area contributed by atoms with Gasteiger partial charge in [0.05, 0.1) is 18.8 Å². The minimum absolute atomic E-state index is 0.341. The number of hydrogen-bond acceptors (Lipinski definition) is 5. The first-order chi connectivity index (χ1) is 12.4. The number of nitrogens with zero attached hydrogens (tertiary/aromatic N) is 6. The quantitative estimate of drug-likeness (QED) is 0.693. The van der Waals surface area contributed by atoms with Crippen molar-refractivity contribution in [3.63, 3.8) is 0 Å². The minimum Gasteiger partial charge on any atom is -0.297 e. The Morgan fingerprint density at radius 3 is 2.62 bits per heavy atom. The normalized spacial score (nSPS) is 13.8. The van der Waals surface area contributed by atoms with Crippen molar-refractivity contribution in [1.29, 1.82) is 0 Å². The first kappa shape index (κ1) is 16.3. The molecular weight excluding hydrogens is 332 g/mol. The van der Waals surface area contributed by atoms with Gasteiger partial charge in [0.1, 0.15) is 0 Å². The monoisotopic (exact) mass is 352 g/mol. The number of hydrazone groups is 1. The molecule has 2 aromatic heterocycles. The van der Waals surface area contributed by atoms with Crippen LogP contribution in [0.5, 0.6) is 0 Å². The molecule has 0 atom stereocenters. The third kappa shape index (κ3) is 2.37. The molecule has 3 heterocycles. The lowest BCUT2D eigenvalue weighted by atomic mass is 10.1. The minimum atomic E-state index is -0.388. The van der Waals surface area contributed by atoms with Gasteiger partial charge in [-0.15, -0.1) is 0 Å². The van der Waals surface area contributed by atoms with E-state index in [9.17, 15) is 9.59 Å². The fourth-order valence-electron chi connectivity index (χ4n) is 3.38. The van der Waals surface area contributed by atoms with Gasteiger partial charge in [-0.25, -0.2) is 9.80 Å². The number of aryl methyl sites for hydroxylation is 2. The van der Waals surface area contributed by atoms with Crippen molar-refractivity contribution in [2.75, 3.05) is 5.01 Å². The maximum absolute atomic E-state index is 12.7. The van der Waals surface area contributed by atoms with Gasteiger partial charge in [0.2, 0.25) is 5.95 Å². The number of aromatic nitrogens is 4. The Morgan fingerprint density at radius 1 is 1.12 bits per heavy atom. The lowest BCUT2D eigenvalue weighted by Gasteiger charge is -2.25. The van der Waals surface area contributed by atoms with E-state index in [0.717, 1.165) is 15.8 Å². The van der Waals surface area contributed by atoms with Crippen molar-refractivity contribution >= 4 is 22.8 Å². The average molecular weight is 352 g/mol. The summed E-state index contributed by atoms with van der Waals surface area (Å²) >= 11 is 0. The lowest BCUT2D eigenvalue weighted by molar-refractivity contribution is 0.698. The van der Waals surface area contributed by atoms with Gasteiger partial charge in [0.25, 0.3) is 5.56 Å². The van der Waals surface area contributed by atoms with Crippen molar-refractivity contribution in [3.8, 4) is 0 Å². The van der Waals surface area contributed by atoms with Crippen LogP contribution < -0.4 is 16.3 Å². The topological polar surface area (TPSA) is 77.4 Å². The van der Waals surface area contributed by atoms with Crippen LogP contribution in [0.25, 0.3) is 11.2 Å². The fourth-order valence-corrected chi connectivity index (χ4v) is 3.38. The van der Waals surface area contributed by atoms with Gasteiger partial charge in [-0.05, 0) is 19.4 Å². The average Bonchev–Trinajstić information content (AvgIpc) is 2.98. The van der Waals surface area contributed by atoms with E-state index in [2.05, 4.69) is 16.2 Å². The zero-order valence-corrected chi connectivity index (χ0v) is 15.2. The third-order valence-electron chi connectivity index (χ3n) is 4.65. The van der Waals surface area contributed by atoms with Crippen LogP contribution in [-0.2, 0) is 27.2 Å². The second-order valence-electron chi connectivity index (χ2n) is 6.76. The summed E-state index contributed by atoms with van der Waals surface area (Å²) in [6.07, 6.45) is 0. The summed E-state index contributed by atoms with van der Waals surface area (Å²) in [6.45, 7) is 4.98. The first-order valence-electron chi connectivity index (χ1n) is 8.40. The smallest absolute Gasteiger partial charge is 0.297 e. The van der Waals surface area contributed by atoms with E-state index < -0.39 is 0 Å². The predicted molar refractivity (Wildman–Crippen MR) is 101 cm³/mol. The molecule has 4 rings (SSSR count). The molecule has 0 saturated heterocycles. The maximum Gasteiger partial charge on any atom is 0.332 e. The SMILES string of the molecule is CC1=NN(Cc2cccc(C)c2)c2nc3c(c(=O)n(C)c(=O)n3C)n2C1. The van der Waals surface area contributed by atoms with E-state index in [4.69, 9.17) is 0 Å². The van der Waals surface area contributed by atoms with E-state index in [-0.39, 0.29) is 11.2 Å². The van der Waals surface area contributed by atoms with Crippen molar-refractivity contribution in [2.45, 2.75) is 26.9 Å². The number of rotatable bonds is 2. The van der Waals surface area contributed by atoms with Gasteiger partial charge in [-0.1, -0.05) is 29.8 Å². The number of hydrogen-bond donors (Lipinski definition) is 0. The van der Waals surface area contributed by atoms with Crippen molar-refractivity contribution in [3.05, 3.63) is 56.2 Å². The zero-order valence-electron chi connectivity index (χ0n) is 15.2. The molecule has 0 saturated carbocycles. The molecule has 1 aliphatic rings. The molecule has 0 amide bonds. The van der Waals surface area contributed by atoms with E-state index in [0.29, 0.717) is 30.2 Å². The summed E-state index contributed by atoms with van der Waals surface area (Å²) in [7, 11) is 3.11. The van der Waals surface area contributed by atoms with E-state index in [1.54, 1.807) is 12.1 Å². The summed E-state index contributed by atoms with van der Waals surface area (Å²) in [6, 6.07) is 8.19. The molecule has 0 radical (unpaired) electrons. The summed E-state index contributed by atoms with van der Waals surface area (Å²) in [5.41, 5.74) is 3.22. The fraction of sp³-hybridized carbons (Fsp3) is 0.333. The Balaban J connectivity index is 1.92. The van der Waals surface area contributed by atoms with Crippen LogP contribution in [0.4, 0.5) is 5.95 Å². The van der Waals surface area contributed by atoms with Crippen LogP contribution in [0.1, 0.15) is 18.1 Å².